The Kier molecular flexibility index (Phi) is 4.77. The highest BCUT2D eigenvalue weighted by Gasteiger charge is 2.34. The Labute approximate surface area is 162 Å². The van der Waals surface area contributed by atoms with Crippen LogP contribution in [-0.2, 0) is 9.53 Å². The number of imidazole rings is 1. The van der Waals surface area contributed by atoms with Gasteiger partial charge < -0.3 is 19.1 Å². The van der Waals surface area contributed by atoms with E-state index in [2.05, 4.69) is 4.98 Å². The number of rotatable bonds is 5. The summed E-state index contributed by atoms with van der Waals surface area (Å²) in [4.78, 5) is 23.5. The van der Waals surface area contributed by atoms with E-state index in [0.29, 0.717) is 17.4 Å². The van der Waals surface area contributed by atoms with Crippen molar-refractivity contribution in [1.82, 2.24) is 14.4 Å². The zero-order valence-electron chi connectivity index (χ0n) is 16.1. The largest absolute Gasteiger partial charge is 0.493 e. The van der Waals surface area contributed by atoms with Crippen molar-refractivity contribution >= 4 is 17.6 Å². The van der Waals surface area contributed by atoms with E-state index in [4.69, 9.17) is 19.2 Å². The van der Waals surface area contributed by atoms with Crippen LogP contribution in [0.25, 0.3) is 16.9 Å². The van der Waals surface area contributed by atoms with Crippen molar-refractivity contribution < 1.29 is 19.0 Å². The summed E-state index contributed by atoms with van der Waals surface area (Å²) in [5, 5.41) is 0. The zero-order valence-corrected chi connectivity index (χ0v) is 16.1. The highest BCUT2D eigenvalue weighted by molar-refractivity contribution is 5.80. The number of ether oxygens (including phenoxy) is 3. The summed E-state index contributed by atoms with van der Waals surface area (Å²) in [6.07, 6.45) is 5.22. The molecule has 1 unspecified atom stereocenters. The minimum absolute atomic E-state index is 0.246. The first kappa shape index (κ1) is 18.1. The minimum atomic E-state index is -0.344. The van der Waals surface area contributed by atoms with Gasteiger partial charge in [-0.15, -0.1) is 0 Å². The zero-order chi connectivity index (χ0) is 19.7. The third kappa shape index (κ3) is 3.00. The second-order valence-corrected chi connectivity index (χ2v) is 6.54. The number of carbonyl (C=O) groups excluding carboxylic acids is 1. The number of benzene rings is 1. The Bertz CT molecular complexity index is 1020. The molecule has 146 valence electrons. The van der Waals surface area contributed by atoms with E-state index < -0.39 is 0 Å². The molecule has 0 bridgehead atoms. The molecule has 0 spiro atoms. The quantitative estimate of drug-likeness (QED) is 0.628. The minimum Gasteiger partial charge on any atom is -0.493 e. The maximum atomic E-state index is 12.2. The molecule has 0 N–H and O–H groups in total. The lowest BCUT2D eigenvalue weighted by atomic mass is 10.1. The van der Waals surface area contributed by atoms with Gasteiger partial charge in [0.1, 0.15) is 11.7 Å². The van der Waals surface area contributed by atoms with Crippen molar-refractivity contribution in [3.05, 3.63) is 36.7 Å². The predicted molar refractivity (Wildman–Crippen MR) is 104 cm³/mol. The number of anilines is 1. The van der Waals surface area contributed by atoms with E-state index >= 15 is 0 Å². The lowest BCUT2D eigenvalue weighted by Gasteiger charge is -2.25. The van der Waals surface area contributed by atoms with Crippen molar-refractivity contribution in [3.63, 3.8) is 0 Å². The topological polar surface area (TPSA) is 78.2 Å². The maximum absolute atomic E-state index is 12.2. The van der Waals surface area contributed by atoms with Crippen LogP contribution in [0.15, 0.2) is 36.7 Å². The first-order valence-corrected chi connectivity index (χ1v) is 9.07. The van der Waals surface area contributed by atoms with E-state index in [-0.39, 0.29) is 12.0 Å². The van der Waals surface area contributed by atoms with E-state index in [1.807, 2.05) is 39.8 Å². The maximum Gasteiger partial charge on any atom is 0.328 e. The number of hydrogen-bond donors (Lipinski definition) is 0. The molecule has 3 aromatic rings. The van der Waals surface area contributed by atoms with Crippen LogP contribution in [0.5, 0.6) is 11.5 Å². The van der Waals surface area contributed by atoms with E-state index in [9.17, 15) is 4.79 Å². The first-order chi connectivity index (χ1) is 13.7. The van der Waals surface area contributed by atoms with Crippen LogP contribution in [0.3, 0.4) is 0 Å². The molecule has 1 aromatic carbocycles. The fourth-order valence-electron chi connectivity index (χ4n) is 3.64. The van der Waals surface area contributed by atoms with Gasteiger partial charge in [-0.2, -0.15) is 0 Å². The molecule has 1 fully saturated rings. The van der Waals surface area contributed by atoms with Crippen molar-refractivity contribution in [1.29, 1.82) is 0 Å². The number of aromatic nitrogens is 3. The van der Waals surface area contributed by atoms with Crippen LogP contribution in [-0.4, -0.2) is 54.3 Å². The summed E-state index contributed by atoms with van der Waals surface area (Å²) in [7, 11) is 4.62. The average Bonchev–Trinajstić information content (AvgIpc) is 3.41. The van der Waals surface area contributed by atoms with Crippen LogP contribution in [0, 0.1) is 0 Å². The molecule has 28 heavy (non-hydrogen) atoms. The highest BCUT2D eigenvalue weighted by Crippen LogP contribution is 2.34. The molecule has 1 aliphatic heterocycles. The van der Waals surface area contributed by atoms with Gasteiger partial charge in [-0.1, -0.05) is 0 Å². The smallest absolute Gasteiger partial charge is 0.328 e. The van der Waals surface area contributed by atoms with Gasteiger partial charge in [0.05, 0.1) is 27.0 Å². The summed E-state index contributed by atoms with van der Waals surface area (Å²) in [5.41, 5.74) is 2.37. The number of methoxy groups -OCH3 is 3. The summed E-state index contributed by atoms with van der Waals surface area (Å²) >= 11 is 0. The number of nitrogens with zero attached hydrogens (tertiary/aromatic N) is 4. The fraction of sp³-hybridized carbons (Fsp3) is 0.350. The van der Waals surface area contributed by atoms with E-state index in [1.54, 1.807) is 20.4 Å². The van der Waals surface area contributed by atoms with Crippen molar-refractivity contribution in [2.75, 3.05) is 32.8 Å². The highest BCUT2D eigenvalue weighted by atomic mass is 16.5. The van der Waals surface area contributed by atoms with Gasteiger partial charge in [-0.05, 0) is 31.0 Å². The summed E-state index contributed by atoms with van der Waals surface area (Å²) in [5.74, 6) is 1.70. The van der Waals surface area contributed by atoms with Gasteiger partial charge in [-0.3, -0.25) is 4.40 Å². The molecule has 1 atom stereocenters. The third-order valence-corrected chi connectivity index (χ3v) is 5.03. The lowest BCUT2D eigenvalue weighted by Crippen LogP contribution is -2.38. The Morgan fingerprint density at radius 1 is 1.14 bits per heavy atom. The SMILES string of the molecule is COC(=O)C1CCCN1c1nc(-c2ccc(OC)c(OC)c2)cc2nccn12. The average molecular weight is 382 g/mol. The van der Waals surface area contributed by atoms with Crippen LogP contribution in [0.1, 0.15) is 12.8 Å². The van der Waals surface area contributed by atoms with Gasteiger partial charge in [0.25, 0.3) is 0 Å². The molecular weight excluding hydrogens is 360 g/mol. The second kappa shape index (κ2) is 7.38. The normalized spacial score (nSPS) is 16.4. The van der Waals surface area contributed by atoms with E-state index in [0.717, 1.165) is 36.3 Å². The van der Waals surface area contributed by atoms with Gasteiger partial charge in [0, 0.05) is 30.6 Å². The molecule has 0 aliphatic carbocycles. The molecule has 2 aromatic heterocycles. The van der Waals surface area contributed by atoms with Gasteiger partial charge in [0.2, 0.25) is 5.95 Å². The monoisotopic (exact) mass is 382 g/mol. The molecule has 8 heteroatoms. The molecular formula is C20H22N4O4. The standard InChI is InChI=1S/C20H22N4O4/c1-26-16-7-6-13(11-17(16)27-2)14-12-18-21-8-10-24(18)20(22-14)23-9-4-5-15(23)19(25)28-3/h6-8,10-12,15H,4-5,9H2,1-3H3. The Hall–Kier alpha value is -3.29. The van der Waals surface area contributed by atoms with Crippen molar-refractivity contribution in [2.45, 2.75) is 18.9 Å². The van der Waals surface area contributed by atoms with Crippen LogP contribution >= 0.6 is 0 Å². The Morgan fingerprint density at radius 3 is 2.71 bits per heavy atom. The molecule has 0 saturated carbocycles. The van der Waals surface area contributed by atoms with Crippen LogP contribution < -0.4 is 14.4 Å². The second-order valence-electron chi connectivity index (χ2n) is 6.54. The van der Waals surface area contributed by atoms with Gasteiger partial charge >= 0.3 is 5.97 Å². The first-order valence-electron chi connectivity index (χ1n) is 9.07. The molecule has 8 nitrogen and oxygen atoms in total. The number of esters is 1. The summed E-state index contributed by atoms with van der Waals surface area (Å²) < 4.78 is 17.6. The van der Waals surface area contributed by atoms with Crippen LogP contribution in [0.2, 0.25) is 0 Å². The van der Waals surface area contributed by atoms with E-state index in [1.165, 1.54) is 7.11 Å². The predicted octanol–water partition coefficient (Wildman–Crippen LogP) is 2.56. The number of fused-ring (bicyclic) bond motifs is 1. The molecule has 3 heterocycles. The van der Waals surface area contributed by atoms with Gasteiger partial charge in [0.15, 0.2) is 11.5 Å². The van der Waals surface area contributed by atoms with Gasteiger partial charge in [-0.25, -0.2) is 14.8 Å². The van der Waals surface area contributed by atoms with Crippen LogP contribution in [0.4, 0.5) is 5.95 Å². The Balaban J connectivity index is 1.83. The molecule has 4 rings (SSSR count). The fourth-order valence-corrected chi connectivity index (χ4v) is 3.64. The molecule has 1 saturated heterocycles. The number of hydrogen-bond acceptors (Lipinski definition) is 7. The van der Waals surface area contributed by atoms with Crippen molar-refractivity contribution in [3.8, 4) is 22.8 Å². The molecule has 0 amide bonds. The summed E-state index contributed by atoms with van der Waals surface area (Å²) in [6, 6.07) is 7.22. The lowest BCUT2D eigenvalue weighted by molar-refractivity contribution is -0.141. The Morgan fingerprint density at radius 2 is 1.96 bits per heavy atom. The van der Waals surface area contributed by atoms with Crippen molar-refractivity contribution in [2.24, 2.45) is 0 Å². The molecule has 0 radical (unpaired) electrons. The molecule has 1 aliphatic rings. The third-order valence-electron chi connectivity index (χ3n) is 5.03. The summed E-state index contributed by atoms with van der Waals surface area (Å²) in [6.45, 7) is 0.732. The number of carbonyl (C=O) groups is 1.